The number of carbonyl (C=O) groups is 2. The highest BCUT2D eigenvalue weighted by molar-refractivity contribution is 7.92. The van der Waals surface area contributed by atoms with E-state index in [2.05, 4.69) is 15.4 Å². The van der Waals surface area contributed by atoms with Crippen molar-refractivity contribution in [2.24, 2.45) is 0 Å². The Morgan fingerprint density at radius 3 is 2.28 bits per heavy atom. The Labute approximate surface area is 191 Å². The van der Waals surface area contributed by atoms with Crippen molar-refractivity contribution < 1.29 is 18.0 Å². The van der Waals surface area contributed by atoms with E-state index >= 15 is 0 Å². The van der Waals surface area contributed by atoms with Gasteiger partial charge in [0, 0.05) is 24.4 Å². The summed E-state index contributed by atoms with van der Waals surface area (Å²) in [5, 5.41) is 5.57. The summed E-state index contributed by atoms with van der Waals surface area (Å²) in [5.74, 6) is -0.594. The molecule has 0 aliphatic carbocycles. The number of nitrogens with one attached hydrogen (secondary N) is 3. The van der Waals surface area contributed by atoms with Crippen molar-refractivity contribution in [2.45, 2.75) is 11.8 Å². The van der Waals surface area contributed by atoms with Gasteiger partial charge in [-0.25, -0.2) is 8.42 Å². The quantitative estimate of drug-likeness (QED) is 0.434. The summed E-state index contributed by atoms with van der Waals surface area (Å²) in [5.41, 5.74) is 2.00. The van der Waals surface area contributed by atoms with Crippen molar-refractivity contribution in [3.63, 3.8) is 0 Å². The molecule has 3 aromatic rings. The molecule has 2 amide bonds. The summed E-state index contributed by atoms with van der Waals surface area (Å²) < 4.78 is 27.8. The maximum atomic E-state index is 12.7. The summed E-state index contributed by atoms with van der Waals surface area (Å²) in [7, 11) is -3.90. The van der Waals surface area contributed by atoms with Gasteiger partial charge in [0.05, 0.1) is 15.6 Å². The second-order valence-electron chi connectivity index (χ2n) is 6.74. The van der Waals surface area contributed by atoms with E-state index in [0.29, 0.717) is 11.4 Å². The lowest BCUT2D eigenvalue weighted by atomic mass is 10.2. The average molecular weight is 470 g/mol. The fourth-order valence-corrected chi connectivity index (χ4v) is 4.09. The molecule has 3 rings (SSSR count). The first kappa shape index (κ1) is 23.1. The summed E-state index contributed by atoms with van der Waals surface area (Å²) >= 11 is 6.02. The second-order valence-corrected chi connectivity index (χ2v) is 8.83. The maximum absolute atomic E-state index is 12.7. The molecule has 0 spiro atoms. The third kappa shape index (κ3) is 6.44. The van der Waals surface area contributed by atoms with Crippen molar-refractivity contribution >= 4 is 56.6 Å². The highest BCUT2D eigenvalue weighted by atomic mass is 35.5. The normalized spacial score (nSPS) is 11.2. The lowest BCUT2D eigenvalue weighted by Gasteiger charge is -2.11. The van der Waals surface area contributed by atoms with Gasteiger partial charge in [-0.05, 0) is 54.1 Å². The lowest BCUT2D eigenvalue weighted by molar-refractivity contribution is -0.114. The number of rotatable bonds is 7. The van der Waals surface area contributed by atoms with Crippen LogP contribution in [0.3, 0.4) is 0 Å². The highest BCUT2D eigenvalue weighted by Gasteiger charge is 2.16. The zero-order chi connectivity index (χ0) is 23.1. The van der Waals surface area contributed by atoms with E-state index in [9.17, 15) is 18.0 Å². The molecule has 0 aliphatic heterocycles. The first-order valence-corrected chi connectivity index (χ1v) is 11.3. The topological polar surface area (TPSA) is 104 Å². The van der Waals surface area contributed by atoms with Crippen LogP contribution in [-0.4, -0.2) is 20.2 Å². The molecule has 164 valence electrons. The number of benzene rings is 3. The molecule has 0 heterocycles. The van der Waals surface area contributed by atoms with Gasteiger partial charge in [-0.15, -0.1) is 0 Å². The van der Waals surface area contributed by atoms with E-state index in [-0.39, 0.29) is 21.5 Å². The van der Waals surface area contributed by atoms with Crippen LogP contribution >= 0.6 is 11.6 Å². The van der Waals surface area contributed by atoms with E-state index in [4.69, 9.17) is 11.6 Å². The molecule has 3 aromatic carbocycles. The third-order valence-corrected chi connectivity index (χ3v) is 5.88. The number of halogens is 1. The van der Waals surface area contributed by atoms with Crippen molar-refractivity contribution in [3.8, 4) is 0 Å². The molecule has 0 aromatic heterocycles. The molecule has 0 aliphatic rings. The van der Waals surface area contributed by atoms with E-state index < -0.39 is 15.9 Å². The first-order valence-electron chi connectivity index (χ1n) is 9.47. The smallest absolute Gasteiger partial charge is 0.262 e. The molecule has 9 heteroatoms. The monoisotopic (exact) mass is 469 g/mol. The van der Waals surface area contributed by atoms with Crippen LogP contribution in [0.2, 0.25) is 5.02 Å². The largest absolute Gasteiger partial charge is 0.326 e. The van der Waals surface area contributed by atoms with Crippen LogP contribution in [0.25, 0.3) is 6.08 Å². The van der Waals surface area contributed by atoms with Crippen LogP contribution in [0.4, 0.5) is 17.1 Å². The SMILES string of the molecule is CC(=O)Nc1ccc(/C=C/C(=O)Nc2cccc(S(=O)(=O)Nc3ccccc3Cl)c2)cc1. The summed E-state index contributed by atoms with van der Waals surface area (Å²) in [6.45, 7) is 1.42. The number of hydrogen-bond donors (Lipinski definition) is 3. The molecule has 3 N–H and O–H groups in total. The number of para-hydroxylation sites is 1. The van der Waals surface area contributed by atoms with Crippen molar-refractivity contribution in [2.75, 3.05) is 15.4 Å². The minimum atomic E-state index is -3.90. The van der Waals surface area contributed by atoms with Gasteiger partial charge in [-0.3, -0.25) is 14.3 Å². The van der Waals surface area contributed by atoms with Crippen LogP contribution in [0, 0.1) is 0 Å². The van der Waals surface area contributed by atoms with Gasteiger partial charge in [0.1, 0.15) is 0 Å². The van der Waals surface area contributed by atoms with E-state index in [1.165, 1.54) is 31.2 Å². The first-order chi connectivity index (χ1) is 15.2. The molecule has 0 unspecified atom stereocenters. The zero-order valence-corrected chi connectivity index (χ0v) is 18.6. The Morgan fingerprint density at radius 1 is 0.875 bits per heavy atom. The highest BCUT2D eigenvalue weighted by Crippen LogP contribution is 2.25. The van der Waals surface area contributed by atoms with Gasteiger partial charge in [-0.1, -0.05) is 41.9 Å². The predicted molar refractivity (Wildman–Crippen MR) is 127 cm³/mol. The summed E-state index contributed by atoms with van der Waals surface area (Å²) in [4.78, 5) is 23.3. The molecular weight excluding hydrogens is 450 g/mol. The molecule has 0 atom stereocenters. The van der Waals surface area contributed by atoms with Crippen LogP contribution in [0.5, 0.6) is 0 Å². The van der Waals surface area contributed by atoms with Gasteiger partial charge >= 0.3 is 0 Å². The molecule has 0 saturated heterocycles. The number of hydrogen-bond acceptors (Lipinski definition) is 4. The number of amides is 2. The standard InChI is InChI=1S/C23H20ClN3O4S/c1-16(28)25-18-12-9-17(10-13-18)11-14-23(29)26-19-5-4-6-20(15-19)32(30,31)27-22-8-3-2-7-21(22)24/h2-15,27H,1H3,(H,25,28)(H,26,29)/b14-11+. The molecule has 7 nitrogen and oxygen atoms in total. The van der Waals surface area contributed by atoms with Crippen molar-refractivity contribution in [1.29, 1.82) is 0 Å². The number of sulfonamides is 1. The number of carbonyl (C=O) groups excluding carboxylic acids is 2. The number of anilines is 3. The molecule has 0 bridgehead atoms. The van der Waals surface area contributed by atoms with E-state index in [1.54, 1.807) is 60.7 Å². The Hall–Kier alpha value is -3.62. The third-order valence-electron chi connectivity index (χ3n) is 4.19. The molecule has 0 radical (unpaired) electrons. The van der Waals surface area contributed by atoms with E-state index in [1.807, 2.05) is 0 Å². The van der Waals surface area contributed by atoms with Crippen LogP contribution < -0.4 is 15.4 Å². The van der Waals surface area contributed by atoms with Crippen LogP contribution in [0.15, 0.2) is 83.8 Å². The van der Waals surface area contributed by atoms with Gasteiger partial charge in [0.2, 0.25) is 11.8 Å². The fraction of sp³-hybridized carbons (Fsp3) is 0.0435. The molecule has 0 fully saturated rings. The predicted octanol–water partition coefficient (Wildman–Crippen LogP) is 4.75. The maximum Gasteiger partial charge on any atom is 0.262 e. The van der Waals surface area contributed by atoms with E-state index in [0.717, 1.165) is 5.56 Å². The van der Waals surface area contributed by atoms with Gasteiger partial charge in [-0.2, -0.15) is 0 Å². The Balaban J connectivity index is 1.67. The Morgan fingerprint density at radius 2 is 1.59 bits per heavy atom. The molecule has 0 saturated carbocycles. The van der Waals surface area contributed by atoms with Crippen LogP contribution in [-0.2, 0) is 19.6 Å². The summed E-state index contributed by atoms with van der Waals surface area (Å²) in [6, 6.07) is 19.3. The Kier molecular flexibility index (Phi) is 7.29. The summed E-state index contributed by atoms with van der Waals surface area (Å²) in [6.07, 6.45) is 2.93. The zero-order valence-electron chi connectivity index (χ0n) is 17.0. The van der Waals surface area contributed by atoms with Gasteiger partial charge in [0.25, 0.3) is 10.0 Å². The fourth-order valence-electron chi connectivity index (χ4n) is 2.73. The Bertz CT molecular complexity index is 1270. The molecule has 32 heavy (non-hydrogen) atoms. The van der Waals surface area contributed by atoms with Crippen molar-refractivity contribution in [3.05, 3.63) is 89.5 Å². The lowest BCUT2D eigenvalue weighted by Crippen LogP contribution is -2.14. The molecular formula is C23H20ClN3O4S. The van der Waals surface area contributed by atoms with Gasteiger partial charge < -0.3 is 10.6 Å². The van der Waals surface area contributed by atoms with Crippen LogP contribution in [0.1, 0.15) is 12.5 Å². The second kappa shape index (κ2) is 10.1. The van der Waals surface area contributed by atoms with Crippen molar-refractivity contribution in [1.82, 2.24) is 0 Å². The minimum absolute atomic E-state index is 0.0206. The average Bonchev–Trinajstić information content (AvgIpc) is 2.75. The minimum Gasteiger partial charge on any atom is -0.326 e. The van der Waals surface area contributed by atoms with Gasteiger partial charge in [0.15, 0.2) is 0 Å².